The Kier molecular flexibility index (Phi) is 7.56. The summed E-state index contributed by atoms with van der Waals surface area (Å²) in [6.45, 7) is 2.68. The van der Waals surface area contributed by atoms with Crippen molar-refractivity contribution in [3.05, 3.63) is 24.3 Å². The fourth-order valence-electron chi connectivity index (χ4n) is 1.76. The van der Waals surface area contributed by atoms with E-state index in [0.717, 1.165) is 0 Å². The van der Waals surface area contributed by atoms with Crippen LogP contribution in [0.15, 0.2) is 24.3 Å². The number of aliphatic hydroxyl groups is 1. The summed E-state index contributed by atoms with van der Waals surface area (Å²) in [6.07, 6.45) is -0.709. The van der Waals surface area contributed by atoms with Crippen molar-refractivity contribution in [2.45, 2.75) is 13.0 Å². The lowest BCUT2D eigenvalue weighted by atomic mass is 10.3. The SMILES string of the molecule is CCOc1ccccc1OCC(=O)N(C)CC(O)COC. The number of methoxy groups -OCH3 is 1. The maximum atomic E-state index is 11.9. The van der Waals surface area contributed by atoms with E-state index < -0.39 is 6.10 Å². The molecule has 0 saturated heterocycles. The highest BCUT2D eigenvalue weighted by Crippen LogP contribution is 2.26. The first-order chi connectivity index (χ1) is 10.1. The largest absolute Gasteiger partial charge is 0.490 e. The van der Waals surface area contributed by atoms with Gasteiger partial charge < -0.3 is 24.2 Å². The number of carbonyl (C=O) groups excluding carboxylic acids is 1. The molecular formula is C15H23NO5. The third kappa shape index (κ3) is 6.01. The summed E-state index contributed by atoms with van der Waals surface area (Å²) in [5, 5.41) is 9.59. The van der Waals surface area contributed by atoms with Crippen LogP contribution in [-0.2, 0) is 9.53 Å². The Morgan fingerprint density at radius 3 is 2.48 bits per heavy atom. The maximum absolute atomic E-state index is 11.9. The Bertz CT molecular complexity index is 438. The lowest BCUT2D eigenvalue weighted by molar-refractivity contribution is -0.133. The van der Waals surface area contributed by atoms with Crippen molar-refractivity contribution >= 4 is 5.91 Å². The van der Waals surface area contributed by atoms with E-state index in [1.165, 1.54) is 12.0 Å². The van der Waals surface area contributed by atoms with Crippen molar-refractivity contribution in [2.75, 3.05) is 40.5 Å². The van der Waals surface area contributed by atoms with Gasteiger partial charge in [-0.1, -0.05) is 12.1 Å². The molecule has 21 heavy (non-hydrogen) atoms. The number of carbonyl (C=O) groups is 1. The Morgan fingerprint density at radius 1 is 1.29 bits per heavy atom. The molecule has 6 heteroatoms. The number of hydrogen-bond donors (Lipinski definition) is 1. The van der Waals surface area contributed by atoms with E-state index >= 15 is 0 Å². The van der Waals surface area contributed by atoms with Crippen molar-refractivity contribution in [1.82, 2.24) is 4.90 Å². The van der Waals surface area contributed by atoms with Crippen LogP contribution in [0.2, 0.25) is 0 Å². The normalized spacial score (nSPS) is 11.8. The van der Waals surface area contributed by atoms with Crippen LogP contribution in [0.4, 0.5) is 0 Å². The zero-order valence-corrected chi connectivity index (χ0v) is 12.7. The molecule has 118 valence electrons. The molecule has 0 aliphatic heterocycles. The molecule has 1 rings (SSSR count). The van der Waals surface area contributed by atoms with Gasteiger partial charge in [-0.05, 0) is 19.1 Å². The molecule has 0 aliphatic rings. The number of para-hydroxylation sites is 2. The van der Waals surface area contributed by atoms with E-state index in [2.05, 4.69) is 0 Å². The number of benzene rings is 1. The van der Waals surface area contributed by atoms with Crippen molar-refractivity contribution < 1.29 is 24.1 Å². The first-order valence-electron chi connectivity index (χ1n) is 6.84. The van der Waals surface area contributed by atoms with Crippen LogP contribution in [0.1, 0.15) is 6.92 Å². The summed E-state index contributed by atoms with van der Waals surface area (Å²) in [5.41, 5.74) is 0. The van der Waals surface area contributed by atoms with Crippen LogP contribution in [0.25, 0.3) is 0 Å². The summed E-state index contributed by atoms with van der Waals surface area (Å²) in [4.78, 5) is 13.3. The lowest BCUT2D eigenvalue weighted by Crippen LogP contribution is -2.38. The van der Waals surface area contributed by atoms with Gasteiger partial charge in [0.15, 0.2) is 18.1 Å². The molecule has 6 nitrogen and oxygen atoms in total. The number of ether oxygens (including phenoxy) is 3. The summed E-state index contributed by atoms with van der Waals surface area (Å²) in [5.74, 6) is 0.907. The predicted molar refractivity (Wildman–Crippen MR) is 78.6 cm³/mol. The van der Waals surface area contributed by atoms with E-state index in [1.807, 2.05) is 19.1 Å². The molecule has 1 N–H and O–H groups in total. The summed E-state index contributed by atoms with van der Waals surface area (Å²) in [6, 6.07) is 7.19. The Morgan fingerprint density at radius 2 is 1.90 bits per heavy atom. The minimum absolute atomic E-state index is 0.111. The van der Waals surface area contributed by atoms with Gasteiger partial charge in [-0.3, -0.25) is 4.79 Å². The number of amides is 1. The second-order valence-electron chi connectivity index (χ2n) is 4.55. The average Bonchev–Trinajstić information content (AvgIpc) is 2.46. The van der Waals surface area contributed by atoms with E-state index in [4.69, 9.17) is 14.2 Å². The Balaban J connectivity index is 2.49. The van der Waals surface area contributed by atoms with Gasteiger partial charge in [0, 0.05) is 20.7 Å². The molecule has 0 spiro atoms. The van der Waals surface area contributed by atoms with E-state index in [9.17, 15) is 9.90 Å². The topological polar surface area (TPSA) is 68.2 Å². The Labute approximate surface area is 125 Å². The highest BCUT2D eigenvalue weighted by Gasteiger charge is 2.15. The number of rotatable bonds is 9. The molecule has 0 saturated carbocycles. The Hall–Kier alpha value is -1.79. The van der Waals surface area contributed by atoms with Crippen LogP contribution < -0.4 is 9.47 Å². The van der Waals surface area contributed by atoms with E-state index in [-0.39, 0.29) is 25.7 Å². The third-order valence-electron chi connectivity index (χ3n) is 2.77. The monoisotopic (exact) mass is 297 g/mol. The molecule has 1 unspecified atom stereocenters. The molecule has 0 heterocycles. The minimum atomic E-state index is -0.709. The minimum Gasteiger partial charge on any atom is -0.490 e. The smallest absolute Gasteiger partial charge is 0.260 e. The molecular weight excluding hydrogens is 274 g/mol. The van der Waals surface area contributed by atoms with Crippen LogP contribution in [0, 0.1) is 0 Å². The number of nitrogens with zero attached hydrogens (tertiary/aromatic N) is 1. The summed E-state index contributed by atoms with van der Waals surface area (Å²) in [7, 11) is 3.11. The quantitative estimate of drug-likeness (QED) is 0.734. The fourth-order valence-corrected chi connectivity index (χ4v) is 1.76. The molecule has 0 aliphatic carbocycles. The highest BCUT2D eigenvalue weighted by molar-refractivity contribution is 5.77. The molecule has 1 amide bonds. The molecule has 1 aromatic carbocycles. The first-order valence-corrected chi connectivity index (χ1v) is 6.84. The molecule has 1 aromatic rings. The molecule has 1 atom stereocenters. The van der Waals surface area contributed by atoms with Gasteiger partial charge in [-0.2, -0.15) is 0 Å². The van der Waals surface area contributed by atoms with Crippen molar-refractivity contribution in [3.8, 4) is 11.5 Å². The van der Waals surface area contributed by atoms with Crippen LogP contribution >= 0.6 is 0 Å². The van der Waals surface area contributed by atoms with Gasteiger partial charge in [-0.15, -0.1) is 0 Å². The van der Waals surface area contributed by atoms with Gasteiger partial charge in [0.25, 0.3) is 5.91 Å². The summed E-state index contributed by atoms with van der Waals surface area (Å²) < 4.78 is 15.7. The second-order valence-corrected chi connectivity index (χ2v) is 4.55. The van der Waals surface area contributed by atoms with Crippen molar-refractivity contribution in [3.63, 3.8) is 0 Å². The number of aliphatic hydroxyl groups excluding tert-OH is 1. The molecule has 0 bridgehead atoms. The van der Waals surface area contributed by atoms with Crippen molar-refractivity contribution in [2.24, 2.45) is 0 Å². The van der Waals surface area contributed by atoms with Crippen LogP contribution in [-0.4, -0.2) is 62.5 Å². The second kappa shape index (κ2) is 9.20. The fraction of sp³-hybridized carbons (Fsp3) is 0.533. The van der Waals surface area contributed by atoms with Gasteiger partial charge in [0.05, 0.1) is 19.3 Å². The van der Waals surface area contributed by atoms with Crippen LogP contribution in [0.3, 0.4) is 0 Å². The van der Waals surface area contributed by atoms with E-state index in [1.54, 1.807) is 19.2 Å². The highest BCUT2D eigenvalue weighted by atomic mass is 16.5. The molecule has 0 aromatic heterocycles. The third-order valence-corrected chi connectivity index (χ3v) is 2.77. The van der Waals surface area contributed by atoms with Crippen LogP contribution in [0.5, 0.6) is 11.5 Å². The number of likely N-dealkylation sites (N-methyl/N-ethyl adjacent to an activating group) is 1. The molecule has 0 fully saturated rings. The van der Waals surface area contributed by atoms with Gasteiger partial charge in [-0.25, -0.2) is 0 Å². The first kappa shape index (κ1) is 17.3. The average molecular weight is 297 g/mol. The number of hydrogen-bond acceptors (Lipinski definition) is 5. The maximum Gasteiger partial charge on any atom is 0.260 e. The predicted octanol–water partition coefficient (Wildman–Crippen LogP) is 0.930. The zero-order valence-electron chi connectivity index (χ0n) is 12.7. The van der Waals surface area contributed by atoms with E-state index in [0.29, 0.717) is 18.1 Å². The van der Waals surface area contributed by atoms with Gasteiger partial charge in [0.1, 0.15) is 0 Å². The van der Waals surface area contributed by atoms with Gasteiger partial charge >= 0.3 is 0 Å². The summed E-state index contributed by atoms with van der Waals surface area (Å²) >= 11 is 0. The molecule has 0 radical (unpaired) electrons. The van der Waals surface area contributed by atoms with Gasteiger partial charge in [0.2, 0.25) is 0 Å². The zero-order chi connectivity index (χ0) is 15.7. The standard InChI is InChI=1S/C15H23NO5/c1-4-20-13-7-5-6-8-14(13)21-11-15(18)16(2)9-12(17)10-19-3/h5-8,12,17H,4,9-11H2,1-3H3. The van der Waals surface area contributed by atoms with Crippen molar-refractivity contribution in [1.29, 1.82) is 0 Å². The lowest BCUT2D eigenvalue weighted by Gasteiger charge is -2.21.